The van der Waals surface area contributed by atoms with Crippen LogP contribution in [0.4, 0.5) is 5.69 Å². The average Bonchev–Trinajstić information content (AvgIpc) is 2.78. The van der Waals surface area contributed by atoms with Crippen LogP contribution in [0.15, 0.2) is 36.4 Å². The summed E-state index contributed by atoms with van der Waals surface area (Å²) in [5, 5.41) is 3.16. The Kier molecular flexibility index (Phi) is 10.9. The van der Waals surface area contributed by atoms with Gasteiger partial charge in [0, 0.05) is 13.1 Å². The number of aryl methyl sites for hydroxylation is 1. The first kappa shape index (κ1) is 30.2. The predicted octanol–water partition coefficient (Wildman–Crippen LogP) is 5.30. The van der Waals surface area contributed by atoms with Crippen molar-refractivity contribution in [2.45, 2.75) is 46.7 Å². The van der Waals surface area contributed by atoms with Crippen molar-refractivity contribution in [2.75, 3.05) is 23.7 Å². The number of nitrogens with one attached hydrogen (secondary N) is 1. The summed E-state index contributed by atoms with van der Waals surface area (Å²) in [5.41, 5.74) is 1.81. The van der Waals surface area contributed by atoms with Crippen LogP contribution in [0.3, 0.4) is 0 Å². The highest BCUT2D eigenvalue weighted by atomic mass is 35.5. The van der Waals surface area contributed by atoms with Gasteiger partial charge in [0.25, 0.3) is 0 Å². The van der Waals surface area contributed by atoms with Gasteiger partial charge >= 0.3 is 0 Å². The number of carbonyl (C=O) groups excluding carboxylic acids is 2. The van der Waals surface area contributed by atoms with E-state index in [0.29, 0.717) is 13.0 Å². The fourth-order valence-corrected chi connectivity index (χ4v) is 5.16. The molecule has 0 fully saturated rings. The maximum atomic E-state index is 13.7. The quantitative estimate of drug-likeness (QED) is 0.368. The molecule has 0 saturated heterocycles. The molecule has 0 saturated carbocycles. The molecule has 198 valence electrons. The average molecular weight is 577 g/mol. The molecule has 36 heavy (non-hydrogen) atoms. The highest BCUT2D eigenvalue weighted by molar-refractivity contribution is 7.92. The summed E-state index contributed by atoms with van der Waals surface area (Å²) in [5.74, 6) is -0.631. The first-order valence-corrected chi connectivity index (χ1v) is 14.5. The maximum absolute atomic E-state index is 13.7. The first-order chi connectivity index (χ1) is 16.8. The van der Waals surface area contributed by atoms with Crippen LogP contribution in [-0.2, 0) is 26.2 Å². The van der Waals surface area contributed by atoms with Crippen molar-refractivity contribution in [2.24, 2.45) is 5.92 Å². The molecule has 0 bridgehead atoms. The number of sulfonamides is 1. The minimum Gasteiger partial charge on any atom is -0.354 e. The van der Waals surface area contributed by atoms with Crippen molar-refractivity contribution >= 4 is 62.3 Å². The molecular weight excluding hydrogens is 545 g/mol. The smallest absolute Gasteiger partial charge is 0.244 e. The molecule has 1 N–H and O–H groups in total. The summed E-state index contributed by atoms with van der Waals surface area (Å²) >= 11 is 18.4. The normalized spacial score (nSPS) is 12.4. The number of nitrogens with zero attached hydrogens (tertiary/aromatic N) is 2. The van der Waals surface area contributed by atoms with Gasteiger partial charge in [-0.15, -0.1) is 0 Å². The lowest BCUT2D eigenvalue weighted by Gasteiger charge is -2.33. The second kappa shape index (κ2) is 13.0. The number of hydrogen-bond donors (Lipinski definition) is 1. The molecule has 11 heteroatoms. The minimum absolute atomic E-state index is 0.0230. The fourth-order valence-electron chi connectivity index (χ4n) is 3.61. The number of hydrogen-bond acceptors (Lipinski definition) is 4. The van der Waals surface area contributed by atoms with E-state index in [1.807, 2.05) is 52.0 Å². The summed E-state index contributed by atoms with van der Waals surface area (Å²) in [6, 6.07) is 9.34. The van der Waals surface area contributed by atoms with Crippen molar-refractivity contribution in [1.82, 2.24) is 10.2 Å². The summed E-state index contributed by atoms with van der Waals surface area (Å²) in [6.07, 6.45) is 1.31. The van der Waals surface area contributed by atoms with Gasteiger partial charge in [-0.05, 0) is 42.5 Å². The van der Waals surface area contributed by atoms with Crippen LogP contribution in [0.25, 0.3) is 0 Å². The molecule has 0 aliphatic rings. The summed E-state index contributed by atoms with van der Waals surface area (Å²) < 4.78 is 26.4. The van der Waals surface area contributed by atoms with Crippen molar-refractivity contribution in [1.29, 1.82) is 0 Å². The fraction of sp³-hybridized carbons (Fsp3) is 0.440. The van der Waals surface area contributed by atoms with Crippen molar-refractivity contribution in [3.8, 4) is 0 Å². The molecule has 2 aromatic rings. The molecule has 0 aliphatic heterocycles. The zero-order chi connectivity index (χ0) is 27.2. The van der Waals surface area contributed by atoms with Crippen molar-refractivity contribution in [3.05, 3.63) is 62.6 Å². The molecule has 0 spiro atoms. The van der Waals surface area contributed by atoms with E-state index in [4.69, 9.17) is 34.8 Å². The van der Waals surface area contributed by atoms with Crippen molar-refractivity contribution < 1.29 is 18.0 Å². The molecule has 2 aromatic carbocycles. The molecule has 0 radical (unpaired) electrons. The number of halogens is 3. The summed E-state index contributed by atoms with van der Waals surface area (Å²) in [6.45, 7) is 7.68. The van der Waals surface area contributed by atoms with Crippen LogP contribution >= 0.6 is 34.8 Å². The Labute approximate surface area is 228 Å². The Hall–Kier alpha value is -2.00. The second-order valence-corrected chi connectivity index (χ2v) is 12.1. The number of rotatable bonds is 11. The molecule has 1 unspecified atom stereocenters. The second-order valence-electron chi connectivity index (χ2n) is 9.00. The first-order valence-electron chi connectivity index (χ1n) is 11.5. The van der Waals surface area contributed by atoms with Gasteiger partial charge < -0.3 is 10.2 Å². The van der Waals surface area contributed by atoms with Crippen LogP contribution in [-0.4, -0.2) is 50.5 Å². The zero-order valence-corrected chi connectivity index (χ0v) is 24.1. The molecule has 2 amide bonds. The SMILES string of the molecule is CCC(C(=O)NCC(C)C)N(Cc1ccccc1C)C(=O)CN(c1cc(Cl)c(Cl)cc1Cl)S(C)(=O)=O. The minimum atomic E-state index is -3.95. The third kappa shape index (κ3) is 8.00. The molecule has 7 nitrogen and oxygen atoms in total. The van der Waals surface area contributed by atoms with Gasteiger partial charge in [0.1, 0.15) is 12.6 Å². The predicted molar refractivity (Wildman–Crippen MR) is 147 cm³/mol. The van der Waals surface area contributed by atoms with Gasteiger partial charge in [-0.25, -0.2) is 8.42 Å². The lowest BCUT2D eigenvalue weighted by Crippen LogP contribution is -2.52. The highest BCUT2D eigenvalue weighted by Crippen LogP contribution is 2.35. The van der Waals surface area contributed by atoms with Gasteiger partial charge in [-0.2, -0.15) is 0 Å². The standard InChI is InChI=1S/C25H32Cl3N3O4S/c1-6-22(25(33)29-13-16(2)3)30(14-18-10-8-7-9-17(18)4)24(32)15-31(36(5,34)35)23-12-20(27)19(26)11-21(23)28/h7-12,16,22H,6,13-15H2,1-5H3,(H,29,33). The van der Waals surface area contributed by atoms with E-state index in [1.165, 1.54) is 17.0 Å². The summed E-state index contributed by atoms with van der Waals surface area (Å²) in [4.78, 5) is 28.2. The van der Waals surface area contributed by atoms with E-state index in [-0.39, 0.29) is 39.1 Å². The Morgan fingerprint density at radius 3 is 2.19 bits per heavy atom. The largest absolute Gasteiger partial charge is 0.354 e. The third-order valence-electron chi connectivity index (χ3n) is 5.61. The number of carbonyl (C=O) groups is 2. The van der Waals surface area contributed by atoms with Crippen LogP contribution < -0.4 is 9.62 Å². The van der Waals surface area contributed by atoms with Crippen LogP contribution in [0.5, 0.6) is 0 Å². The Morgan fingerprint density at radius 2 is 1.64 bits per heavy atom. The van der Waals surface area contributed by atoms with Gasteiger partial charge in [0.15, 0.2) is 0 Å². The van der Waals surface area contributed by atoms with Crippen molar-refractivity contribution in [3.63, 3.8) is 0 Å². The molecule has 0 heterocycles. The Bertz CT molecular complexity index is 1210. The molecule has 0 aromatic heterocycles. The van der Waals surface area contributed by atoms with Crippen LogP contribution in [0.2, 0.25) is 15.1 Å². The van der Waals surface area contributed by atoms with E-state index in [2.05, 4.69) is 5.32 Å². The number of amides is 2. The van der Waals surface area contributed by atoms with E-state index in [0.717, 1.165) is 21.7 Å². The van der Waals surface area contributed by atoms with Crippen LogP contribution in [0, 0.1) is 12.8 Å². The lowest BCUT2D eigenvalue weighted by molar-refractivity contribution is -0.140. The maximum Gasteiger partial charge on any atom is 0.244 e. The molecular formula is C25H32Cl3N3O4S. The Balaban J connectivity index is 2.50. The van der Waals surface area contributed by atoms with E-state index >= 15 is 0 Å². The topological polar surface area (TPSA) is 86.8 Å². The van der Waals surface area contributed by atoms with Crippen LogP contribution in [0.1, 0.15) is 38.3 Å². The van der Waals surface area contributed by atoms with Gasteiger partial charge in [0.05, 0.1) is 27.0 Å². The molecule has 1 atom stereocenters. The van der Waals surface area contributed by atoms with E-state index in [9.17, 15) is 18.0 Å². The third-order valence-corrected chi connectivity index (χ3v) is 7.76. The summed E-state index contributed by atoms with van der Waals surface area (Å²) in [7, 11) is -3.95. The zero-order valence-electron chi connectivity index (χ0n) is 21.0. The molecule has 2 rings (SSSR count). The lowest BCUT2D eigenvalue weighted by atomic mass is 10.1. The highest BCUT2D eigenvalue weighted by Gasteiger charge is 2.32. The van der Waals surface area contributed by atoms with E-state index in [1.54, 1.807) is 0 Å². The number of anilines is 1. The Morgan fingerprint density at radius 1 is 1.03 bits per heavy atom. The van der Waals surface area contributed by atoms with E-state index < -0.39 is 28.5 Å². The van der Waals surface area contributed by atoms with Gasteiger partial charge in [-0.3, -0.25) is 13.9 Å². The molecule has 0 aliphatic carbocycles. The van der Waals surface area contributed by atoms with Gasteiger partial charge in [0.2, 0.25) is 21.8 Å². The van der Waals surface area contributed by atoms with Gasteiger partial charge in [-0.1, -0.05) is 79.8 Å². The monoisotopic (exact) mass is 575 g/mol. The number of benzene rings is 2.